The fourth-order valence-electron chi connectivity index (χ4n) is 4.70. The smallest absolute Gasteiger partial charge is 0.255 e. The van der Waals surface area contributed by atoms with Crippen LogP contribution in [0, 0.1) is 0 Å². The highest BCUT2D eigenvalue weighted by atomic mass is 16.5. The quantitative estimate of drug-likeness (QED) is 0.436. The number of likely N-dealkylation sites (N-methyl/N-ethyl adjacent to an activating group) is 1. The van der Waals surface area contributed by atoms with E-state index in [9.17, 15) is 28.8 Å². The lowest BCUT2D eigenvalue weighted by Crippen LogP contribution is -2.51. The maximum atomic E-state index is 13.6. The molecule has 0 saturated carbocycles. The van der Waals surface area contributed by atoms with Crippen LogP contribution in [0.5, 0.6) is 5.75 Å². The Morgan fingerprint density at radius 3 is 2.42 bits per heavy atom. The van der Waals surface area contributed by atoms with Gasteiger partial charge < -0.3 is 35.8 Å². The lowest BCUT2D eigenvalue weighted by molar-refractivity contribution is -0.137. The SMILES string of the molecule is CC(=O)N1CCCN(C(=O)[C@@H]2CCC(=O)N[C@@H](CCC(N)=O)C(=O)N(C)CCOc3ccccc3C(=O)N2)CC1. The van der Waals surface area contributed by atoms with Crippen LogP contribution in [0.2, 0.25) is 0 Å². The van der Waals surface area contributed by atoms with E-state index in [1.165, 1.54) is 11.8 Å². The van der Waals surface area contributed by atoms with Crippen LogP contribution >= 0.6 is 0 Å². The van der Waals surface area contributed by atoms with Crippen LogP contribution in [-0.2, 0) is 24.0 Å². The second-order valence-electron chi connectivity index (χ2n) is 9.98. The van der Waals surface area contributed by atoms with E-state index in [-0.39, 0.29) is 62.0 Å². The molecule has 1 fully saturated rings. The lowest BCUT2D eigenvalue weighted by Gasteiger charge is -2.27. The molecule has 4 N–H and O–H groups in total. The maximum absolute atomic E-state index is 13.6. The predicted molar refractivity (Wildman–Crippen MR) is 144 cm³/mol. The van der Waals surface area contributed by atoms with Gasteiger partial charge in [-0.25, -0.2) is 0 Å². The van der Waals surface area contributed by atoms with Crippen molar-refractivity contribution in [3.63, 3.8) is 0 Å². The number of para-hydroxylation sites is 1. The van der Waals surface area contributed by atoms with E-state index in [2.05, 4.69) is 10.6 Å². The van der Waals surface area contributed by atoms with Crippen molar-refractivity contribution < 1.29 is 33.5 Å². The number of carbonyl (C=O) groups is 6. The topological polar surface area (TPSA) is 171 Å². The molecule has 2 aliphatic rings. The number of ether oxygens (including phenoxy) is 1. The molecule has 1 aromatic rings. The number of carbonyl (C=O) groups excluding carboxylic acids is 6. The molecule has 3 rings (SSSR count). The number of benzene rings is 1. The molecular weight excluding hydrogens is 520 g/mol. The fraction of sp³-hybridized carbons (Fsp3) is 0.556. The summed E-state index contributed by atoms with van der Waals surface area (Å²) in [5, 5.41) is 5.43. The van der Waals surface area contributed by atoms with E-state index in [1.54, 1.807) is 41.1 Å². The summed E-state index contributed by atoms with van der Waals surface area (Å²) in [5.74, 6) is -2.21. The summed E-state index contributed by atoms with van der Waals surface area (Å²) in [6, 6.07) is 4.54. The van der Waals surface area contributed by atoms with Crippen LogP contribution in [0.3, 0.4) is 0 Å². The third kappa shape index (κ3) is 8.42. The number of hydrogen-bond acceptors (Lipinski definition) is 7. The Morgan fingerprint density at radius 1 is 1.00 bits per heavy atom. The van der Waals surface area contributed by atoms with Crippen molar-refractivity contribution in [3.05, 3.63) is 29.8 Å². The number of nitrogens with one attached hydrogen (secondary N) is 2. The maximum Gasteiger partial charge on any atom is 0.255 e. The molecular formula is C27H38N6O7. The first-order valence-electron chi connectivity index (χ1n) is 13.5. The summed E-state index contributed by atoms with van der Waals surface area (Å²) in [7, 11) is 1.55. The molecule has 2 heterocycles. The minimum absolute atomic E-state index is 0.0213. The van der Waals surface area contributed by atoms with Gasteiger partial charge in [-0.2, -0.15) is 0 Å². The van der Waals surface area contributed by atoms with Crippen molar-refractivity contribution >= 4 is 35.4 Å². The standard InChI is InChI=1S/C27H38N6O7/c1-18(34)32-12-5-13-33(15-14-32)27(39)21-9-11-24(36)29-20(8-10-23(28)35)26(38)31(2)16-17-40-22-7-4-3-6-19(22)25(37)30-21/h3-4,6-7,20-21H,5,8-17H2,1-2H3,(H2,28,35)(H,29,36)(H,30,37)/t20-,21-/m0/s1. The van der Waals surface area contributed by atoms with Crippen LogP contribution in [-0.4, -0.2) is 109 Å². The molecule has 40 heavy (non-hydrogen) atoms. The van der Waals surface area contributed by atoms with Gasteiger partial charge in [-0.15, -0.1) is 0 Å². The van der Waals surface area contributed by atoms with Gasteiger partial charge in [-0.3, -0.25) is 28.8 Å². The number of fused-ring (bicyclic) bond motifs is 1. The van der Waals surface area contributed by atoms with Crippen LogP contribution < -0.4 is 21.1 Å². The van der Waals surface area contributed by atoms with Gasteiger partial charge >= 0.3 is 0 Å². The third-order valence-corrected chi connectivity index (χ3v) is 7.02. The van der Waals surface area contributed by atoms with Crippen LogP contribution in [0.15, 0.2) is 24.3 Å². The minimum Gasteiger partial charge on any atom is -0.491 e. The number of nitrogens with zero attached hydrogens (tertiary/aromatic N) is 3. The van der Waals surface area contributed by atoms with Gasteiger partial charge in [0.1, 0.15) is 24.4 Å². The normalized spacial score (nSPS) is 21.6. The number of nitrogens with two attached hydrogens (primary N) is 1. The molecule has 1 aromatic carbocycles. The molecule has 0 spiro atoms. The van der Waals surface area contributed by atoms with Gasteiger partial charge in [0, 0.05) is 53.0 Å². The molecule has 2 aliphatic heterocycles. The Bertz CT molecular complexity index is 1130. The van der Waals surface area contributed by atoms with Crippen LogP contribution in [0.25, 0.3) is 0 Å². The first kappa shape index (κ1) is 30.4. The van der Waals surface area contributed by atoms with Gasteiger partial charge in [0.15, 0.2) is 0 Å². The molecule has 13 nitrogen and oxygen atoms in total. The van der Waals surface area contributed by atoms with Crippen molar-refractivity contribution in [3.8, 4) is 5.75 Å². The molecule has 13 heteroatoms. The summed E-state index contributed by atoms with van der Waals surface area (Å²) in [5.41, 5.74) is 5.48. The monoisotopic (exact) mass is 558 g/mol. The molecule has 2 atom stereocenters. The molecule has 0 bridgehead atoms. The summed E-state index contributed by atoms with van der Waals surface area (Å²) >= 11 is 0. The van der Waals surface area contributed by atoms with Gasteiger partial charge in [-0.1, -0.05) is 12.1 Å². The van der Waals surface area contributed by atoms with Crippen LogP contribution in [0.4, 0.5) is 0 Å². The lowest BCUT2D eigenvalue weighted by atomic mass is 10.1. The van der Waals surface area contributed by atoms with Crippen molar-refractivity contribution in [1.82, 2.24) is 25.3 Å². The second-order valence-corrected chi connectivity index (χ2v) is 9.98. The van der Waals surface area contributed by atoms with Crippen molar-refractivity contribution in [2.24, 2.45) is 5.73 Å². The van der Waals surface area contributed by atoms with E-state index in [0.29, 0.717) is 32.6 Å². The van der Waals surface area contributed by atoms with Gasteiger partial charge in [-0.05, 0) is 31.4 Å². The zero-order chi connectivity index (χ0) is 29.2. The van der Waals surface area contributed by atoms with Crippen molar-refractivity contribution in [2.75, 3.05) is 46.4 Å². The summed E-state index contributed by atoms with van der Waals surface area (Å²) in [6.45, 7) is 3.30. The Balaban J connectivity index is 1.86. The Kier molecular flexibility index (Phi) is 10.9. The van der Waals surface area contributed by atoms with E-state index in [4.69, 9.17) is 10.5 Å². The molecule has 0 aliphatic carbocycles. The van der Waals surface area contributed by atoms with Crippen molar-refractivity contribution in [1.29, 1.82) is 0 Å². The molecule has 0 unspecified atom stereocenters. The Morgan fingerprint density at radius 2 is 1.70 bits per heavy atom. The van der Waals surface area contributed by atoms with Gasteiger partial charge in [0.2, 0.25) is 29.5 Å². The summed E-state index contributed by atoms with van der Waals surface area (Å²) in [4.78, 5) is 80.8. The number of amides is 6. The average molecular weight is 559 g/mol. The van der Waals surface area contributed by atoms with E-state index < -0.39 is 35.7 Å². The highest BCUT2D eigenvalue weighted by Gasteiger charge is 2.31. The number of rotatable bonds is 4. The molecule has 218 valence electrons. The zero-order valence-electron chi connectivity index (χ0n) is 23.0. The molecule has 0 radical (unpaired) electrons. The predicted octanol–water partition coefficient (Wildman–Crippen LogP) is -0.753. The van der Waals surface area contributed by atoms with Crippen LogP contribution in [0.1, 0.15) is 49.4 Å². The Hall–Kier alpha value is -4.16. The van der Waals surface area contributed by atoms with Gasteiger partial charge in [0.25, 0.3) is 5.91 Å². The third-order valence-electron chi connectivity index (χ3n) is 7.02. The average Bonchev–Trinajstić information content (AvgIpc) is 3.18. The largest absolute Gasteiger partial charge is 0.491 e. The Labute approximate surface area is 233 Å². The highest BCUT2D eigenvalue weighted by molar-refractivity contribution is 6.00. The summed E-state index contributed by atoms with van der Waals surface area (Å²) in [6.07, 6.45) is 0.316. The molecule has 0 aromatic heterocycles. The van der Waals surface area contributed by atoms with Gasteiger partial charge in [0.05, 0.1) is 12.1 Å². The van der Waals surface area contributed by atoms with E-state index >= 15 is 0 Å². The second kappa shape index (κ2) is 14.3. The van der Waals surface area contributed by atoms with E-state index in [0.717, 1.165) is 0 Å². The zero-order valence-corrected chi connectivity index (χ0v) is 23.0. The molecule has 1 saturated heterocycles. The highest BCUT2D eigenvalue weighted by Crippen LogP contribution is 2.19. The van der Waals surface area contributed by atoms with E-state index in [1.807, 2.05) is 0 Å². The first-order valence-corrected chi connectivity index (χ1v) is 13.5. The fourth-order valence-corrected chi connectivity index (χ4v) is 4.70. The summed E-state index contributed by atoms with van der Waals surface area (Å²) < 4.78 is 5.82. The number of hydrogen-bond donors (Lipinski definition) is 3. The first-order chi connectivity index (χ1) is 19.1. The minimum atomic E-state index is -1.04. The molecule has 6 amide bonds. The number of primary amides is 1. The van der Waals surface area contributed by atoms with Crippen molar-refractivity contribution in [2.45, 2.75) is 51.1 Å².